The maximum Gasteiger partial charge on any atom is 0.250 e. The van der Waals surface area contributed by atoms with E-state index in [1.165, 1.54) is 6.20 Å². The Labute approximate surface area is 80.8 Å². The minimum atomic E-state index is -0.462. The minimum absolute atomic E-state index is 0.423. The molecule has 0 radical (unpaired) electrons. The van der Waals surface area contributed by atoms with E-state index in [-0.39, 0.29) is 0 Å². The first kappa shape index (κ1) is 8.62. The summed E-state index contributed by atoms with van der Waals surface area (Å²) in [6.07, 6.45) is 4.85. The Morgan fingerprint density at radius 1 is 1.36 bits per heavy atom. The van der Waals surface area contributed by atoms with Crippen LogP contribution in [0.2, 0.25) is 0 Å². The number of carbonyl (C=O) groups excluding carboxylic acids is 1. The molecule has 14 heavy (non-hydrogen) atoms. The molecule has 0 aromatic carbocycles. The number of aromatic nitrogens is 2. The van der Waals surface area contributed by atoms with Gasteiger partial charge in [0.15, 0.2) is 0 Å². The predicted molar refractivity (Wildman–Crippen MR) is 52.8 cm³/mol. The number of amides is 1. The first-order valence-corrected chi connectivity index (χ1v) is 4.18. The molecular weight excluding hydrogens is 178 g/mol. The maximum atomic E-state index is 10.9. The smallest absolute Gasteiger partial charge is 0.250 e. The molecule has 4 nitrogen and oxygen atoms in total. The van der Waals surface area contributed by atoms with Gasteiger partial charge in [-0.1, -0.05) is 0 Å². The highest BCUT2D eigenvalue weighted by atomic mass is 16.1. The van der Waals surface area contributed by atoms with Crippen molar-refractivity contribution in [3.05, 3.63) is 35.8 Å². The van der Waals surface area contributed by atoms with Crippen LogP contribution in [-0.4, -0.2) is 15.9 Å². The average molecular weight is 187 g/mol. The molecule has 2 rings (SSSR count). The van der Waals surface area contributed by atoms with Crippen molar-refractivity contribution in [3.63, 3.8) is 0 Å². The van der Waals surface area contributed by atoms with Crippen LogP contribution in [0.4, 0.5) is 0 Å². The van der Waals surface area contributed by atoms with Crippen LogP contribution in [0.15, 0.2) is 24.7 Å². The average Bonchev–Trinajstić information content (AvgIpc) is 2.18. The van der Waals surface area contributed by atoms with E-state index in [1.807, 2.05) is 6.92 Å². The Morgan fingerprint density at radius 2 is 2.14 bits per heavy atom. The van der Waals surface area contributed by atoms with E-state index in [0.717, 1.165) is 16.5 Å². The van der Waals surface area contributed by atoms with E-state index in [0.29, 0.717) is 5.56 Å². The molecular formula is C10H9N3O. The number of carbonyl (C=O) groups is 1. The monoisotopic (exact) mass is 187 g/mol. The molecule has 0 atom stereocenters. The number of fused-ring (bicyclic) bond motifs is 1. The zero-order valence-electron chi connectivity index (χ0n) is 7.69. The first-order chi connectivity index (χ1) is 6.68. The lowest BCUT2D eigenvalue weighted by Crippen LogP contribution is -2.11. The summed E-state index contributed by atoms with van der Waals surface area (Å²) in [5.74, 6) is -0.462. The van der Waals surface area contributed by atoms with Gasteiger partial charge in [0.25, 0.3) is 0 Å². The van der Waals surface area contributed by atoms with Gasteiger partial charge >= 0.3 is 0 Å². The van der Waals surface area contributed by atoms with E-state index in [4.69, 9.17) is 5.73 Å². The topological polar surface area (TPSA) is 68.9 Å². The summed E-state index contributed by atoms with van der Waals surface area (Å²) in [7, 11) is 0. The van der Waals surface area contributed by atoms with Crippen molar-refractivity contribution in [3.8, 4) is 0 Å². The molecule has 0 aliphatic heterocycles. The molecule has 4 heteroatoms. The second kappa shape index (κ2) is 3.06. The van der Waals surface area contributed by atoms with Crippen molar-refractivity contribution >= 4 is 16.8 Å². The van der Waals surface area contributed by atoms with Crippen LogP contribution >= 0.6 is 0 Å². The van der Waals surface area contributed by atoms with Crippen molar-refractivity contribution in [2.24, 2.45) is 5.73 Å². The van der Waals surface area contributed by atoms with E-state index in [2.05, 4.69) is 9.97 Å². The molecule has 2 aromatic heterocycles. The third-order valence-electron chi connectivity index (χ3n) is 2.09. The molecule has 2 aromatic rings. The second-order valence-electron chi connectivity index (χ2n) is 3.11. The van der Waals surface area contributed by atoms with E-state index >= 15 is 0 Å². The van der Waals surface area contributed by atoms with Gasteiger partial charge in [-0.2, -0.15) is 0 Å². The molecule has 0 aliphatic rings. The van der Waals surface area contributed by atoms with Crippen LogP contribution in [-0.2, 0) is 0 Å². The number of nitrogens with zero attached hydrogens (tertiary/aromatic N) is 2. The second-order valence-corrected chi connectivity index (χ2v) is 3.11. The zero-order chi connectivity index (χ0) is 10.1. The normalized spacial score (nSPS) is 10.4. The molecule has 2 heterocycles. The summed E-state index contributed by atoms with van der Waals surface area (Å²) in [4.78, 5) is 19.0. The largest absolute Gasteiger partial charge is 0.366 e. The number of rotatable bonds is 1. The summed E-state index contributed by atoms with van der Waals surface area (Å²) < 4.78 is 0. The quantitative estimate of drug-likeness (QED) is 0.725. The fourth-order valence-corrected chi connectivity index (χ4v) is 1.32. The molecule has 0 unspecified atom stereocenters. The summed E-state index contributed by atoms with van der Waals surface area (Å²) >= 11 is 0. The molecule has 0 bridgehead atoms. The van der Waals surface area contributed by atoms with Gasteiger partial charge in [-0.15, -0.1) is 0 Å². The zero-order valence-corrected chi connectivity index (χ0v) is 7.69. The highest BCUT2D eigenvalue weighted by Crippen LogP contribution is 2.15. The number of primary amides is 1. The third-order valence-corrected chi connectivity index (χ3v) is 2.09. The fourth-order valence-electron chi connectivity index (χ4n) is 1.32. The molecule has 0 fully saturated rings. The van der Waals surface area contributed by atoms with Gasteiger partial charge in [-0.05, 0) is 18.6 Å². The Bertz CT molecular complexity index is 508. The number of nitrogens with two attached hydrogens (primary N) is 1. The molecule has 0 saturated heterocycles. The van der Waals surface area contributed by atoms with E-state index in [1.54, 1.807) is 18.5 Å². The Morgan fingerprint density at radius 3 is 2.86 bits per heavy atom. The van der Waals surface area contributed by atoms with Gasteiger partial charge < -0.3 is 5.73 Å². The molecule has 0 aliphatic carbocycles. The number of aryl methyl sites for hydroxylation is 1. The van der Waals surface area contributed by atoms with Crippen LogP contribution in [0, 0.1) is 6.92 Å². The number of pyridine rings is 2. The van der Waals surface area contributed by atoms with Gasteiger partial charge in [0, 0.05) is 17.8 Å². The predicted octanol–water partition coefficient (Wildman–Crippen LogP) is 1.04. The van der Waals surface area contributed by atoms with Crippen molar-refractivity contribution < 1.29 is 4.79 Å². The first-order valence-electron chi connectivity index (χ1n) is 4.18. The van der Waals surface area contributed by atoms with E-state index in [9.17, 15) is 4.79 Å². The summed E-state index contributed by atoms with van der Waals surface area (Å²) in [6, 6.07) is 1.74. The molecule has 0 saturated carbocycles. The lowest BCUT2D eigenvalue weighted by atomic mass is 10.1. The summed E-state index contributed by atoms with van der Waals surface area (Å²) in [6.45, 7) is 1.92. The highest BCUT2D eigenvalue weighted by molar-refractivity contribution is 5.96. The SMILES string of the molecule is Cc1cncc2ncc(C(N)=O)cc12. The van der Waals surface area contributed by atoms with Crippen molar-refractivity contribution in [2.75, 3.05) is 0 Å². The van der Waals surface area contributed by atoms with Crippen LogP contribution in [0.1, 0.15) is 15.9 Å². The Kier molecular flexibility index (Phi) is 1.89. The standard InChI is InChI=1S/C10H9N3O/c1-6-3-12-5-9-8(6)2-7(4-13-9)10(11)14/h2-5H,1H3,(H2,11,14). The highest BCUT2D eigenvalue weighted by Gasteiger charge is 2.04. The van der Waals surface area contributed by atoms with Crippen molar-refractivity contribution in [1.82, 2.24) is 9.97 Å². The lowest BCUT2D eigenvalue weighted by molar-refractivity contribution is 0.1000. The molecule has 70 valence electrons. The van der Waals surface area contributed by atoms with Crippen molar-refractivity contribution in [1.29, 1.82) is 0 Å². The lowest BCUT2D eigenvalue weighted by Gasteiger charge is -2.01. The van der Waals surface area contributed by atoms with Gasteiger partial charge in [0.2, 0.25) is 5.91 Å². The molecule has 1 amide bonds. The number of hydrogen-bond acceptors (Lipinski definition) is 3. The number of hydrogen-bond donors (Lipinski definition) is 1. The Balaban J connectivity index is 2.76. The van der Waals surface area contributed by atoms with Crippen LogP contribution in [0.3, 0.4) is 0 Å². The maximum absolute atomic E-state index is 10.9. The van der Waals surface area contributed by atoms with Crippen molar-refractivity contribution in [2.45, 2.75) is 6.92 Å². The minimum Gasteiger partial charge on any atom is -0.366 e. The third kappa shape index (κ3) is 1.31. The van der Waals surface area contributed by atoms with Crippen LogP contribution in [0.25, 0.3) is 10.9 Å². The summed E-state index contributed by atoms with van der Waals surface area (Å²) in [5.41, 5.74) is 7.34. The van der Waals surface area contributed by atoms with Gasteiger partial charge in [0.1, 0.15) is 0 Å². The van der Waals surface area contributed by atoms with Gasteiger partial charge in [-0.3, -0.25) is 14.8 Å². The van der Waals surface area contributed by atoms with E-state index < -0.39 is 5.91 Å². The fraction of sp³-hybridized carbons (Fsp3) is 0.100. The molecule has 2 N–H and O–H groups in total. The Hall–Kier alpha value is -1.97. The van der Waals surface area contributed by atoms with Crippen LogP contribution in [0.5, 0.6) is 0 Å². The van der Waals surface area contributed by atoms with Gasteiger partial charge in [-0.25, -0.2) is 0 Å². The molecule has 0 spiro atoms. The van der Waals surface area contributed by atoms with Crippen LogP contribution < -0.4 is 5.73 Å². The van der Waals surface area contributed by atoms with Gasteiger partial charge in [0.05, 0.1) is 17.3 Å². The summed E-state index contributed by atoms with van der Waals surface area (Å²) in [5, 5.41) is 0.913.